The molecule has 4 aromatic rings. The van der Waals surface area contributed by atoms with Gasteiger partial charge in [0.05, 0.1) is 11.1 Å². The van der Waals surface area contributed by atoms with Gasteiger partial charge in [-0.1, -0.05) is 12.1 Å². The Balaban J connectivity index is 1.84. The van der Waals surface area contributed by atoms with Gasteiger partial charge in [-0.3, -0.25) is 4.79 Å². The summed E-state index contributed by atoms with van der Waals surface area (Å²) in [6, 6.07) is 7.93. The van der Waals surface area contributed by atoms with E-state index in [1.807, 2.05) is 6.92 Å². The summed E-state index contributed by atoms with van der Waals surface area (Å²) < 4.78 is 13.2. The van der Waals surface area contributed by atoms with Crippen LogP contribution in [0.15, 0.2) is 47.7 Å². The van der Waals surface area contributed by atoms with E-state index in [2.05, 4.69) is 19.9 Å². The van der Waals surface area contributed by atoms with E-state index in [0.717, 1.165) is 21.7 Å². The number of nitrogens with one attached hydrogen (secondary N) is 1. The van der Waals surface area contributed by atoms with Crippen molar-refractivity contribution in [2.75, 3.05) is 0 Å². The molecular weight excluding hydrogens is 339 g/mol. The highest BCUT2D eigenvalue weighted by Crippen LogP contribution is 2.35. The van der Waals surface area contributed by atoms with Gasteiger partial charge in [-0.05, 0) is 30.7 Å². The fourth-order valence-corrected chi connectivity index (χ4v) is 3.87. The van der Waals surface area contributed by atoms with E-state index in [9.17, 15) is 9.18 Å². The predicted octanol–water partition coefficient (Wildman–Crippen LogP) is 3.48. The molecule has 0 aliphatic rings. The van der Waals surface area contributed by atoms with Crippen LogP contribution in [0.4, 0.5) is 4.39 Å². The Morgan fingerprint density at radius 1 is 1.20 bits per heavy atom. The van der Waals surface area contributed by atoms with Crippen LogP contribution < -0.4 is 5.56 Å². The first-order valence-corrected chi connectivity index (χ1v) is 8.46. The number of aryl methyl sites for hydroxylation is 1. The molecule has 1 N–H and O–H groups in total. The lowest BCUT2D eigenvalue weighted by Crippen LogP contribution is -2.12. The lowest BCUT2D eigenvalue weighted by atomic mass is 10.0. The third kappa shape index (κ3) is 2.94. The summed E-state index contributed by atoms with van der Waals surface area (Å²) in [6.45, 7) is 1.94. The molecule has 3 aromatic heterocycles. The largest absolute Gasteiger partial charge is 0.310 e. The minimum absolute atomic E-state index is 0.197. The van der Waals surface area contributed by atoms with Crippen molar-refractivity contribution >= 4 is 21.6 Å². The Kier molecular flexibility index (Phi) is 3.85. The Labute approximate surface area is 146 Å². The predicted molar refractivity (Wildman–Crippen MR) is 95.2 cm³/mol. The molecule has 0 spiro atoms. The molecule has 25 heavy (non-hydrogen) atoms. The lowest BCUT2D eigenvalue weighted by Gasteiger charge is -2.03. The van der Waals surface area contributed by atoms with E-state index in [1.54, 1.807) is 24.4 Å². The minimum atomic E-state index is -0.305. The van der Waals surface area contributed by atoms with E-state index in [4.69, 9.17) is 0 Å². The molecular formula is C18H13FN4OS. The summed E-state index contributed by atoms with van der Waals surface area (Å²) >= 11 is 1.46. The third-order valence-corrected chi connectivity index (χ3v) is 4.91. The number of hydrogen-bond donors (Lipinski definition) is 1. The van der Waals surface area contributed by atoms with Gasteiger partial charge in [-0.15, -0.1) is 11.3 Å². The van der Waals surface area contributed by atoms with Crippen LogP contribution in [0.25, 0.3) is 21.3 Å². The second-order valence-electron chi connectivity index (χ2n) is 5.61. The maximum Gasteiger partial charge on any atom is 0.260 e. The zero-order chi connectivity index (χ0) is 17.4. The van der Waals surface area contributed by atoms with Crippen molar-refractivity contribution in [2.45, 2.75) is 13.3 Å². The average molecular weight is 352 g/mol. The Morgan fingerprint density at radius 3 is 2.72 bits per heavy atom. The molecule has 7 heteroatoms. The van der Waals surface area contributed by atoms with E-state index < -0.39 is 0 Å². The van der Waals surface area contributed by atoms with Crippen molar-refractivity contribution in [3.05, 3.63) is 75.4 Å². The lowest BCUT2D eigenvalue weighted by molar-refractivity contribution is 0.628. The summed E-state index contributed by atoms with van der Waals surface area (Å²) in [7, 11) is 0. The number of halogens is 1. The van der Waals surface area contributed by atoms with Crippen LogP contribution >= 0.6 is 11.3 Å². The van der Waals surface area contributed by atoms with Crippen LogP contribution in [0.3, 0.4) is 0 Å². The van der Waals surface area contributed by atoms with E-state index in [-0.39, 0.29) is 11.4 Å². The molecule has 3 heterocycles. The number of H-pyrrole nitrogens is 1. The maximum absolute atomic E-state index is 13.2. The number of nitrogens with zero attached hydrogens (tertiary/aromatic N) is 3. The second kappa shape index (κ2) is 6.18. The fraction of sp³-hybridized carbons (Fsp3) is 0.111. The number of thiophene rings is 1. The van der Waals surface area contributed by atoms with Crippen molar-refractivity contribution in [3.8, 4) is 11.1 Å². The standard InChI is InChI=1S/C18H13FN4OS/c1-10-15(11-2-4-12(19)5-3-11)16-17(24)22-14(23-18(16)25-10)8-13-6-7-20-9-21-13/h2-7,9H,8H2,1H3,(H,22,23,24). The van der Waals surface area contributed by atoms with Gasteiger partial charge in [-0.25, -0.2) is 19.3 Å². The third-order valence-electron chi connectivity index (χ3n) is 3.91. The van der Waals surface area contributed by atoms with Gasteiger partial charge < -0.3 is 4.98 Å². The molecule has 4 rings (SSSR count). The van der Waals surface area contributed by atoms with Gasteiger partial charge >= 0.3 is 0 Å². The quantitative estimate of drug-likeness (QED) is 0.613. The summed E-state index contributed by atoms with van der Waals surface area (Å²) in [5.41, 5.74) is 2.20. The van der Waals surface area contributed by atoms with Crippen LogP contribution in [0.1, 0.15) is 16.4 Å². The monoisotopic (exact) mass is 352 g/mol. The first-order chi connectivity index (χ1) is 12.1. The van der Waals surface area contributed by atoms with Crippen molar-refractivity contribution < 1.29 is 4.39 Å². The highest BCUT2D eigenvalue weighted by Gasteiger charge is 2.17. The first kappa shape index (κ1) is 15.6. The fourth-order valence-electron chi connectivity index (χ4n) is 2.81. The van der Waals surface area contributed by atoms with Gasteiger partial charge in [0.1, 0.15) is 22.8 Å². The molecule has 0 aliphatic heterocycles. The summed E-state index contributed by atoms with van der Waals surface area (Å²) in [5.74, 6) is 0.253. The summed E-state index contributed by atoms with van der Waals surface area (Å²) in [5, 5.41) is 0.542. The van der Waals surface area contributed by atoms with Crippen molar-refractivity contribution in [3.63, 3.8) is 0 Å². The molecule has 0 amide bonds. The number of fused-ring (bicyclic) bond motifs is 1. The molecule has 1 aromatic carbocycles. The van der Waals surface area contributed by atoms with E-state index in [0.29, 0.717) is 22.5 Å². The van der Waals surface area contributed by atoms with Gasteiger partial charge in [-0.2, -0.15) is 0 Å². The molecule has 0 saturated carbocycles. The van der Waals surface area contributed by atoms with E-state index in [1.165, 1.54) is 29.8 Å². The second-order valence-corrected chi connectivity index (χ2v) is 6.81. The smallest absolute Gasteiger partial charge is 0.260 e. The number of aromatic nitrogens is 4. The van der Waals surface area contributed by atoms with Gasteiger partial charge in [0.25, 0.3) is 5.56 Å². The van der Waals surface area contributed by atoms with Crippen molar-refractivity contribution in [1.82, 2.24) is 19.9 Å². The molecule has 124 valence electrons. The van der Waals surface area contributed by atoms with Crippen LogP contribution in [0, 0.1) is 12.7 Å². The van der Waals surface area contributed by atoms with Crippen LogP contribution in [0.2, 0.25) is 0 Å². The summed E-state index contributed by atoms with van der Waals surface area (Å²) in [6.07, 6.45) is 3.55. The maximum atomic E-state index is 13.2. The first-order valence-electron chi connectivity index (χ1n) is 7.65. The van der Waals surface area contributed by atoms with Gasteiger partial charge in [0, 0.05) is 23.1 Å². The molecule has 0 atom stereocenters. The molecule has 0 aliphatic carbocycles. The molecule has 0 fully saturated rings. The molecule has 0 saturated heterocycles. The highest BCUT2D eigenvalue weighted by atomic mass is 32.1. The van der Waals surface area contributed by atoms with Gasteiger partial charge in [0.2, 0.25) is 0 Å². The van der Waals surface area contributed by atoms with Crippen LogP contribution in [0.5, 0.6) is 0 Å². The minimum Gasteiger partial charge on any atom is -0.310 e. The number of hydrogen-bond acceptors (Lipinski definition) is 5. The van der Waals surface area contributed by atoms with Gasteiger partial charge in [0.15, 0.2) is 0 Å². The SMILES string of the molecule is Cc1sc2nc(Cc3ccncn3)[nH]c(=O)c2c1-c1ccc(F)cc1. The Morgan fingerprint density at radius 2 is 2.00 bits per heavy atom. The van der Waals surface area contributed by atoms with Crippen molar-refractivity contribution in [1.29, 1.82) is 0 Å². The molecule has 5 nitrogen and oxygen atoms in total. The van der Waals surface area contributed by atoms with Crippen LogP contribution in [-0.2, 0) is 6.42 Å². The zero-order valence-corrected chi connectivity index (χ0v) is 14.1. The average Bonchev–Trinajstić information content (AvgIpc) is 2.93. The summed E-state index contributed by atoms with van der Waals surface area (Å²) in [4.78, 5) is 29.8. The Bertz CT molecular complexity index is 1100. The highest BCUT2D eigenvalue weighted by molar-refractivity contribution is 7.19. The number of rotatable bonds is 3. The molecule has 0 bridgehead atoms. The van der Waals surface area contributed by atoms with Crippen molar-refractivity contribution in [2.24, 2.45) is 0 Å². The zero-order valence-electron chi connectivity index (χ0n) is 13.3. The van der Waals surface area contributed by atoms with Crippen LogP contribution in [-0.4, -0.2) is 19.9 Å². The normalized spacial score (nSPS) is 11.1. The Hall–Kier alpha value is -2.93. The molecule has 0 radical (unpaired) electrons. The topological polar surface area (TPSA) is 71.5 Å². The molecule has 0 unspecified atom stereocenters. The van der Waals surface area contributed by atoms with E-state index >= 15 is 0 Å². The number of aromatic amines is 1. The number of benzene rings is 1.